The molecule has 2 aromatic carbocycles. The van der Waals surface area contributed by atoms with Gasteiger partial charge in [0, 0.05) is 42.3 Å². The van der Waals surface area contributed by atoms with Crippen molar-refractivity contribution in [1.82, 2.24) is 15.1 Å². The van der Waals surface area contributed by atoms with Crippen molar-refractivity contribution >= 4 is 64.8 Å². The minimum Gasteiger partial charge on any atom is -0.379 e. The molecule has 0 aliphatic carbocycles. The van der Waals surface area contributed by atoms with Gasteiger partial charge in [-0.2, -0.15) is 0 Å². The van der Waals surface area contributed by atoms with Gasteiger partial charge in [-0.05, 0) is 79.9 Å². The molecular formula is C33H43N3O10S3. The van der Waals surface area contributed by atoms with Gasteiger partial charge in [0.1, 0.15) is 0 Å². The molecule has 0 saturated heterocycles. The van der Waals surface area contributed by atoms with Gasteiger partial charge in [0.25, 0.3) is 0 Å². The fraction of sp³-hybridized carbons (Fsp3) is 0.424. The zero-order chi connectivity index (χ0) is 36.2. The van der Waals surface area contributed by atoms with Crippen LogP contribution in [0, 0.1) is 0 Å². The summed E-state index contributed by atoms with van der Waals surface area (Å²) in [5, 5.41) is 20.8. The lowest BCUT2D eigenvalue weighted by Gasteiger charge is -2.23. The van der Waals surface area contributed by atoms with Gasteiger partial charge in [0.2, 0.25) is 12.8 Å². The monoisotopic (exact) mass is 737 g/mol. The lowest BCUT2D eigenvalue weighted by Crippen LogP contribution is -2.39. The molecule has 0 fully saturated rings. The highest BCUT2D eigenvalue weighted by molar-refractivity contribution is 7.91. The van der Waals surface area contributed by atoms with Crippen LogP contribution in [0.25, 0.3) is 21.0 Å². The number of amides is 2. The highest BCUT2D eigenvalue weighted by Crippen LogP contribution is 2.24. The van der Waals surface area contributed by atoms with Gasteiger partial charge >= 0.3 is 0 Å². The Kier molecular flexibility index (Phi) is 15.1. The predicted molar refractivity (Wildman–Crippen MR) is 187 cm³/mol. The summed E-state index contributed by atoms with van der Waals surface area (Å²) in [6, 6.07) is 16.5. The lowest BCUT2D eigenvalue weighted by molar-refractivity contribution is -0.154. The number of sulfone groups is 2. The number of carbonyl (C=O) groups is 2. The first kappa shape index (κ1) is 39.9. The van der Waals surface area contributed by atoms with E-state index in [2.05, 4.69) is 4.98 Å². The molecule has 2 heterocycles. The number of hydrogen-bond donors (Lipinski definition) is 2. The minimum atomic E-state index is -3.83. The van der Waals surface area contributed by atoms with Gasteiger partial charge in [-0.25, -0.2) is 27.0 Å². The van der Waals surface area contributed by atoms with Crippen LogP contribution in [0.5, 0.6) is 0 Å². The molecule has 13 nitrogen and oxygen atoms in total. The molecule has 268 valence electrons. The van der Waals surface area contributed by atoms with Gasteiger partial charge < -0.3 is 9.47 Å². The van der Waals surface area contributed by atoms with Crippen molar-refractivity contribution in [3.8, 4) is 0 Å². The van der Waals surface area contributed by atoms with Gasteiger partial charge in [-0.15, -0.1) is 11.3 Å². The predicted octanol–water partition coefficient (Wildman–Crippen LogP) is 4.94. The van der Waals surface area contributed by atoms with Crippen LogP contribution in [-0.4, -0.2) is 91.4 Å². The molecular weight excluding hydrogens is 695 g/mol. The molecule has 0 aliphatic rings. The number of fused-ring (bicyclic) bond motifs is 2. The summed E-state index contributed by atoms with van der Waals surface area (Å²) in [5.41, 5.74) is 1.88. The molecule has 4 rings (SSSR count). The number of nitrogens with zero attached hydrogens (tertiary/aromatic N) is 3. The van der Waals surface area contributed by atoms with Crippen molar-refractivity contribution in [2.75, 3.05) is 13.2 Å². The topological polar surface area (TPSA) is 181 Å². The Morgan fingerprint density at radius 3 is 1.84 bits per heavy atom. The van der Waals surface area contributed by atoms with Crippen LogP contribution in [0.15, 0.2) is 66.2 Å². The van der Waals surface area contributed by atoms with E-state index in [-0.39, 0.29) is 72.7 Å². The van der Waals surface area contributed by atoms with Crippen LogP contribution in [0.3, 0.4) is 0 Å². The van der Waals surface area contributed by atoms with Crippen molar-refractivity contribution in [2.45, 2.75) is 75.0 Å². The summed E-state index contributed by atoms with van der Waals surface area (Å²) >= 11 is 1.58. The van der Waals surface area contributed by atoms with Crippen LogP contribution >= 0.6 is 11.3 Å². The SMILES string of the molecule is CC(C)OCCC(N(O)C=O)S(=O)(=O)Cc1ccc2sccc2c1.CC(C)OCCC(N(O)C=O)S(=O)(=O)Cc1cnc2ccccc2c1. The van der Waals surface area contributed by atoms with Crippen LogP contribution in [0.1, 0.15) is 51.7 Å². The average molecular weight is 738 g/mol. The maximum atomic E-state index is 12.7. The van der Waals surface area contributed by atoms with Gasteiger partial charge in [0.15, 0.2) is 30.4 Å². The third kappa shape index (κ3) is 12.1. The van der Waals surface area contributed by atoms with Crippen LogP contribution in [0.2, 0.25) is 0 Å². The van der Waals surface area contributed by atoms with Crippen molar-refractivity contribution in [3.63, 3.8) is 0 Å². The largest absolute Gasteiger partial charge is 0.379 e. The Morgan fingerprint density at radius 2 is 1.29 bits per heavy atom. The molecule has 0 saturated carbocycles. The first-order valence-corrected chi connectivity index (χ1v) is 19.8. The van der Waals surface area contributed by atoms with Crippen molar-refractivity contribution in [3.05, 3.63) is 77.3 Å². The highest BCUT2D eigenvalue weighted by atomic mass is 32.2. The van der Waals surface area contributed by atoms with Crippen molar-refractivity contribution < 1.29 is 46.3 Å². The Labute approximate surface area is 290 Å². The van der Waals surface area contributed by atoms with E-state index in [9.17, 15) is 36.8 Å². The quantitative estimate of drug-likeness (QED) is 0.0802. The van der Waals surface area contributed by atoms with E-state index in [4.69, 9.17) is 9.47 Å². The number of ether oxygens (including phenoxy) is 2. The first-order chi connectivity index (χ1) is 23.2. The summed E-state index contributed by atoms with van der Waals surface area (Å²) in [6.07, 6.45) is 1.56. The Balaban J connectivity index is 0.000000266. The number of benzene rings is 2. The number of aromatic nitrogens is 1. The van der Waals surface area contributed by atoms with E-state index in [1.165, 1.54) is 6.20 Å². The maximum absolute atomic E-state index is 12.7. The summed E-state index contributed by atoms with van der Waals surface area (Å²) in [5.74, 6) is -0.585. The number of pyridine rings is 1. The standard InChI is InChI=1S/C17H22N2O5S.C16H21NO5S2/c1-13(2)24-8-7-17(19(21)12-20)25(22,23)11-14-9-15-5-3-4-6-16(15)18-10-14;1-12(2)22-7-5-16(17(19)11-18)24(20,21)10-13-3-4-15-14(9-13)6-8-23-15/h3-6,9-10,12-13,17,21H,7-8,11H2,1-2H3;3-4,6,8-9,11-12,16,19H,5,7,10H2,1-2H3. The third-order valence-electron chi connectivity index (χ3n) is 7.17. The lowest BCUT2D eigenvalue weighted by atomic mass is 10.2. The molecule has 0 spiro atoms. The first-order valence-electron chi connectivity index (χ1n) is 15.5. The number of para-hydroxylation sites is 1. The average Bonchev–Trinajstić information content (AvgIpc) is 3.52. The fourth-order valence-electron chi connectivity index (χ4n) is 4.86. The molecule has 16 heteroatoms. The number of thiophene rings is 1. The second-order valence-corrected chi connectivity index (χ2v) is 17.0. The Bertz CT molecular complexity index is 1880. The van der Waals surface area contributed by atoms with E-state index in [0.29, 0.717) is 11.1 Å². The summed E-state index contributed by atoms with van der Waals surface area (Å²) in [6.45, 7) is 7.55. The Hall–Kier alpha value is -3.51. The highest BCUT2D eigenvalue weighted by Gasteiger charge is 2.32. The van der Waals surface area contributed by atoms with Crippen molar-refractivity contribution in [1.29, 1.82) is 0 Å². The van der Waals surface area contributed by atoms with Gasteiger partial charge in [0.05, 0.1) is 29.2 Å². The zero-order valence-electron chi connectivity index (χ0n) is 27.8. The molecule has 2 unspecified atom stereocenters. The second kappa shape index (κ2) is 18.5. The van der Waals surface area contributed by atoms with E-state index in [1.54, 1.807) is 23.5 Å². The van der Waals surface area contributed by atoms with E-state index >= 15 is 0 Å². The van der Waals surface area contributed by atoms with Gasteiger partial charge in [-0.1, -0.05) is 24.3 Å². The minimum absolute atomic E-state index is 0.0104. The molecule has 0 bridgehead atoms. The van der Waals surface area contributed by atoms with Gasteiger partial charge in [-0.3, -0.25) is 25.0 Å². The van der Waals surface area contributed by atoms with Crippen LogP contribution in [-0.2, 0) is 50.2 Å². The van der Waals surface area contributed by atoms with Crippen LogP contribution in [0.4, 0.5) is 0 Å². The van der Waals surface area contributed by atoms with E-state index in [1.807, 2.05) is 75.5 Å². The fourth-order valence-corrected chi connectivity index (χ4v) is 8.95. The number of hydrogen-bond acceptors (Lipinski definition) is 12. The van der Waals surface area contributed by atoms with Crippen molar-refractivity contribution in [2.24, 2.45) is 0 Å². The molecule has 49 heavy (non-hydrogen) atoms. The molecule has 0 aliphatic heterocycles. The number of hydroxylamine groups is 4. The summed E-state index contributed by atoms with van der Waals surface area (Å²) < 4.78 is 62.4. The molecule has 0 radical (unpaired) electrons. The molecule has 2 aromatic heterocycles. The Morgan fingerprint density at radius 1 is 0.755 bits per heavy atom. The second-order valence-electron chi connectivity index (χ2n) is 11.7. The molecule has 4 aromatic rings. The van der Waals surface area contributed by atoms with E-state index in [0.717, 1.165) is 21.0 Å². The molecule has 2 amide bonds. The number of carbonyl (C=O) groups excluding carboxylic acids is 2. The molecule has 2 N–H and O–H groups in total. The normalized spacial score (nSPS) is 13.2. The summed E-state index contributed by atoms with van der Waals surface area (Å²) in [4.78, 5) is 26.0. The third-order valence-corrected chi connectivity index (χ3v) is 12.1. The number of rotatable bonds is 18. The van der Waals surface area contributed by atoms with Crippen LogP contribution < -0.4 is 0 Å². The summed E-state index contributed by atoms with van der Waals surface area (Å²) in [7, 11) is -7.60. The zero-order valence-corrected chi connectivity index (χ0v) is 30.2. The van der Waals surface area contributed by atoms with E-state index < -0.39 is 30.4 Å². The maximum Gasteiger partial charge on any atom is 0.234 e. The smallest absolute Gasteiger partial charge is 0.234 e. The molecule has 2 atom stereocenters.